The van der Waals surface area contributed by atoms with Crippen LogP contribution in [-0.4, -0.2) is 37.5 Å². The molecule has 1 saturated heterocycles. The van der Waals surface area contributed by atoms with E-state index in [4.69, 9.17) is 9.47 Å². The van der Waals surface area contributed by atoms with Crippen LogP contribution in [0.15, 0.2) is 0 Å². The summed E-state index contributed by atoms with van der Waals surface area (Å²) < 4.78 is 11.0. The van der Waals surface area contributed by atoms with E-state index in [2.05, 4.69) is 33.0 Å². The van der Waals surface area contributed by atoms with E-state index in [1.165, 1.54) is 0 Å². The second kappa shape index (κ2) is 4.81. The van der Waals surface area contributed by atoms with Crippen LogP contribution < -0.4 is 5.32 Å². The van der Waals surface area contributed by atoms with Gasteiger partial charge < -0.3 is 14.8 Å². The number of nitrogens with one attached hydrogen (secondary N) is 1. The Labute approximate surface area is 93.5 Å². The summed E-state index contributed by atoms with van der Waals surface area (Å²) in [5.41, 5.74) is 0.107. The Bertz CT molecular complexity index is 206. The quantitative estimate of drug-likeness (QED) is 0.760. The Morgan fingerprint density at radius 3 is 2.67 bits per heavy atom. The van der Waals surface area contributed by atoms with E-state index in [-0.39, 0.29) is 11.1 Å². The van der Waals surface area contributed by atoms with Crippen molar-refractivity contribution in [3.05, 3.63) is 0 Å². The van der Waals surface area contributed by atoms with Crippen molar-refractivity contribution in [3.63, 3.8) is 0 Å². The number of ether oxygens (including phenoxy) is 2. The van der Waals surface area contributed by atoms with Crippen molar-refractivity contribution in [2.24, 2.45) is 0 Å². The van der Waals surface area contributed by atoms with Gasteiger partial charge in [-0.1, -0.05) is 0 Å². The molecule has 2 atom stereocenters. The maximum atomic E-state index is 5.58. The molecule has 1 rings (SSSR count). The summed E-state index contributed by atoms with van der Waals surface area (Å²) in [5.74, 6) is 0. The molecule has 0 aromatic heterocycles. The Hall–Kier alpha value is -0.120. The zero-order valence-electron chi connectivity index (χ0n) is 10.7. The molecule has 0 aromatic carbocycles. The third-order valence-electron chi connectivity index (χ3n) is 3.69. The molecule has 1 fully saturated rings. The van der Waals surface area contributed by atoms with Gasteiger partial charge in [0.2, 0.25) is 0 Å². The molecule has 3 nitrogen and oxygen atoms in total. The molecule has 0 amide bonds. The zero-order valence-corrected chi connectivity index (χ0v) is 10.7. The lowest BCUT2D eigenvalue weighted by Gasteiger charge is -2.31. The molecule has 0 spiro atoms. The van der Waals surface area contributed by atoms with Gasteiger partial charge in [-0.15, -0.1) is 0 Å². The van der Waals surface area contributed by atoms with Gasteiger partial charge in [-0.25, -0.2) is 0 Å². The van der Waals surface area contributed by atoms with E-state index in [1.807, 2.05) is 0 Å². The van der Waals surface area contributed by atoms with Crippen LogP contribution in [-0.2, 0) is 9.47 Å². The number of hydrogen-bond donors (Lipinski definition) is 1. The van der Waals surface area contributed by atoms with Crippen molar-refractivity contribution >= 4 is 0 Å². The topological polar surface area (TPSA) is 30.5 Å². The summed E-state index contributed by atoms with van der Waals surface area (Å²) in [5, 5.41) is 3.59. The molecule has 0 saturated carbocycles. The maximum absolute atomic E-state index is 5.58. The van der Waals surface area contributed by atoms with Gasteiger partial charge in [-0.3, -0.25) is 0 Å². The summed E-state index contributed by atoms with van der Waals surface area (Å²) in [7, 11) is 1.77. The number of hydrogen-bond acceptors (Lipinski definition) is 3. The van der Waals surface area contributed by atoms with Gasteiger partial charge in [-0.05, 0) is 47.1 Å². The van der Waals surface area contributed by atoms with Crippen molar-refractivity contribution in [1.82, 2.24) is 5.32 Å². The smallest absolute Gasteiger partial charge is 0.0726 e. The van der Waals surface area contributed by atoms with Crippen LogP contribution in [0.4, 0.5) is 0 Å². The Morgan fingerprint density at radius 1 is 1.53 bits per heavy atom. The lowest BCUT2D eigenvalue weighted by atomic mass is 9.94. The van der Waals surface area contributed by atoms with Crippen molar-refractivity contribution in [3.8, 4) is 0 Å². The van der Waals surface area contributed by atoms with Crippen molar-refractivity contribution < 1.29 is 9.47 Å². The highest BCUT2D eigenvalue weighted by Gasteiger charge is 2.36. The van der Waals surface area contributed by atoms with Gasteiger partial charge in [-0.2, -0.15) is 0 Å². The molecule has 0 aromatic rings. The molecule has 0 radical (unpaired) electrons. The van der Waals surface area contributed by atoms with E-state index in [9.17, 15) is 0 Å². The Balaban J connectivity index is 2.31. The van der Waals surface area contributed by atoms with Crippen molar-refractivity contribution in [2.45, 2.75) is 57.8 Å². The van der Waals surface area contributed by atoms with Crippen LogP contribution in [0.5, 0.6) is 0 Å². The van der Waals surface area contributed by atoms with Crippen LogP contribution in [0.25, 0.3) is 0 Å². The molecule has 1 aliphatic heterocycles. The molecule has 15 heavy (non-hydrogen) atoms. The summed E-state index contributed by atoms with van der Waals surface area (Å²) in [6.07, 6.45) is 2.43. The highest BCUT2D eigenvalue weighted by molar-refractivity contribution is 4.93. The Kier molecular flexibility index (Phi) is 4.15. The van der Waals surface area contributed by atoms with Gasteiger partial charge in [0.05, 0.1) is 11.7 Å². The van der Waals surface area contributed by atoms with E-state index in [1.54, 1.807) is 7.11 Å². The maximum Gasteiger partial charge on any atom is 0.0726 e. The summed E-state index contributed by atoms with van der Waals surface area (Å²) in [4.78, 5) is 0. The van der Waals surface area contributed by atoms with Gasteiger partial charge >= 0.3 is 0 Å². The van der Waals surface area contributed by atoms with Crippen LogP contribution in [0, 0.1) is 0 Å². The highest BCUT2D eigenvalue weighted by Crippen LogP contribution is 2.25. The fourth-order valence-electron chi connectivity index (χ4n) is 1.82. The number of methoxy groups -OCH3 is 1. The molecule has 1 N–H and O–H groups in total. The molecular formula is C12H25NO2. The van der Waals surface area contributed by atoms with Crippen LogP contribution in [0.3, 0.4) is 0 Å². The normalized spacial score (nSPS) is 32.2. The first-order chi connectivity index (χ1) is 6.90. The second-order valence-electron chi connectivity index (χ2n) is 5.32. The molecule has 1 aliphatic rings. The average Bonchev–Trinajstić information content (AvgIpc) is 2.47. The molecular weight excluding hydrogens is 190 g/mol. The molecule has 90 valence electrons. The minimum Gasteiger partial charge on any atom is -0.379 e. The van der Waals surface area contributed by atoms with Gasteiger partial charge in [0.25, 0.3) is 0 Å². The molecule has 0 aliphatic carbocycles. The Morgan fingerprint density at radius 2 is 2.20 bits per heavy atom. The predicted octanol–water partition coefficient (Wildman–Crippen LogP) is 1.96. The zero-order chi connectivity index (χ0) is 11.5. The van der Waals surface area contributed by atoms with E-state index >= 15 is 0 Å². The van der Waals surface area contributed by atoms with E-state index < -0.39 is 0 Å². The van der Waals surface area contributed by atoms with Crippen LogP contribution in [0.1, 0.15) is 40.5 Å². The summed E-state index contributed by atoms with van der Waals surface area (Å²) in [6, 6.07) is 0. The minimum atomic E-state index is -0.0357. The highest BCUT2D eigenvalue weighted by atomic mass is 16.5. The largest absolute Gasteiger partial charge is 0.379 e. The van der Waals surface area contributed by atoms with Gasteiger partial charge in [0, 0.05) is 19.3 Å². The van der Waals surface area contributed by atoms with Gasteiger partial charge in [0.1, 0.15) is 0 Å². The van der Waals surface area contributed by atoms with E-state index in [0.29, 0.717) is 6.10 Å². The van der Waals surface area contributed by atoms with E-state index in [0.717, 1.165) is 26.0 Å². The van der Waals surface area contributed by atoms with Crippen molar-refractivity contribution in [1.29, 1.82) is 0 Å². The van der Waals surface area contributed by atoms with Crippen LogP contribution >= 0.6 is 0 Å². The lowest BCUT2D eigenvalue weighted by molar-refractivity contribution is 0.0126. The monoisotopic (exact) mass is 215 g/mol. The summed E-state index contributed by atoms with van der Waals surface area (Å²) >= 11 is 0. The van der Waals surface area contributed by atoms with Crippen molar-refractivity contribution in [2.75, 3.05) is 20.3 Å². The molecule has 1 heterocycles. The third-order valence-corrected chi connectivity index (χ3v) is 3.69. The second-order valence-corrected chi connectivity index (χ2v) is 5.32. The first-order valence-electron chi connectivity index (χ1n) is 5.81. The standard InChI is InChI=1S/C12H25NO2/c1-10-12(4,7-9-15-10)13-8-6-11(2,3)14-5/h10,13H,6-9H2,1-5H3. The minimum absolute atomic E-state index is 0.0357. The predicted molar refractivity (Wildman–Crippen MR) is 62.1 cm³/mol. The fraction of sp³-hybridized carbons (Fsp3) is 1.00. The first kappa shape index (κ1) is 12.9. The molecule has 2 unspecified atom stereocenters. The average molecular weight is 215 g/mol. The first-order valence-corrected chi connectivity index (χ1v) is 5.81. The fourth-order valence-corrected chi connectivity index (χ4v) is 1.82. The molecule has 0 bridgehead atoms. The third kappa shape index (κ3) is 3.44. The van der Waals surface area contributed by atoms with Crippen LogP contribution in [0.2, 0.25) is 0 Å². The number of rotatable bonds is 5. The SMILES string of the molecule is COC(C)(C)CCNC1(C)CCOC1C. The van der Waals surface area contributed by atoms with Gasteiger partial charge in [0.15, 0.2) is 0 Å². The lowest BCUT2D eigenvalue weighted by Crippen LogP contribution is -2.49. The molecule has 3 heteroatoms. The summed E-state index contributed by atoms with van der Waals surface area (Å²) in [6.45, 7) is 10.5.